The molecule has 0 saturated carbocycles. The van der Waals surface area contributed by atoms with Crippen LogP contribution in [0.2, 0.25) is 5.02 Å². The van der Waals surface area contributed by atoms with Gasteiger partial charge in [0, 0.05) is 16.1 Å². The van der Waals surface area contributed by atoms with Crippen molar-refractivity contribution in [1.29, 1.82) is 0 Å². The number of aldehydes is 1. The molecule has 0 aliphatic heterocycles. The van der Waals surface area contributed by atoms with Crippen LogP contribution in [0, 0.1) is 13.8 Å². The summed E-state index contributed by atoms with van der Waals surface area (Å²) in [6.07, 6.45) is 0.868. The second kappa shape index (κ2) is 4.72. The number of halogens is 1. The second-order valence-electron chi connectivity index (χ2n) is 4.07. The zero-order valence-electron chi connectivity index (χ0n) is 9.83. The molecule has 0 unspecified atom stereocenters. The van der Waals surface area contributed by atoms with Gasteiger partial charge in [0.25, 0.3) is 0 Å². The zero-order valence-corrected chi connectivity index (χ0v) is 10.6. The third-order valence-electron chi connectivity index (χ3n) is 3.00. The average molecular weight is 245 g/mol. The Balaban J connectivity index is 2.75. The van der Waals surface area contributed by atoms with Crippen LogP contribution in [0.4, 0.5) is 0 Å². The number of carbonyl (C=O) groups is 1. The van der Waals surface area contributed by atoms with Crippen molar-refractivity contribution in [2.24, 2.45) is 0 Å². The highest BCUT2D eigenvalue weighted by atomic mass is 35.5. The number of hydrogen-bond acceptors (Lipinski definition) is 1. The summed E-state index contributed by atoms with van der Waals surface area (Å²) in [5.74, 6) is 0. The van der Waals surface area contributed by atoms with E-state index in [1.54, 1.807) is 12.1 Å². The van der Waals surface area contributed by atoms with Crippen LogP contribution < -0.4 is 0 Å². The minimum absolute atomic E-state index is 0.683. The van der Waals surface area contributed by atoms with Gasteiger partial charge in [-0.15, -0.1) is 0 Å². The van der Waals surface area contributed by atoms with Gasteiger partial charge in [-0.3, -0.25) is 4.79 Å². The van der Waals surface area contributed by atoms with Gasteiger partial charge in [0.15, 0.2) is 0 Å². The lowest BCUT2D eigenvalue weighted by molar-refractivity contribution is 0.112. The molecular weight excluding hydrogens is 232 g/mol. The Morgan fingerprint density at radius 3 is 2.41 bits per heavy atom. The Bertz CT molecular complexity index is 573. The van der Waals surface area contributed by atoms with E-state index in [0.29, 0.717) is 10.6 Å². The van der Waals surface area contributed by atoms with Crippen molar-refractivity contribution in [1.82, 2.24) is 0 Å². The number of aryl methyl sites for hydroxylation is 1. The van der Waals surface area contributed by atoms with Crippen molar-refractivity contribution in [3.05, 3.63) is 58.1 Å². The first-order valence-corrected chi connectivity index (χ1v) is 5.83. The molecule has 2 aromatic rings. The summed E-state index contributed by atoms with van der Waals surface area (Å²) in [4.78, 5) is 11.0. The Labute approximate surface area is 106 Å². The molecule has 17 heavy (non-hydrogen) atoms. The normalized spacial score (nSPS) is 10.3. The summed E-state index contributed by atoms with van der Waals surface area (Å²) in [7, 11) is 0. The Kier molecular flexibility index (Phi) is 3.30. The third-order valence-corrected chi connectivity index (χ3v) is 3.31. The monoisotopic (exact) mass is 244 g/mol. The van der Waals surface area contributed by atoms with Crippen molar-refractivity contribution >= 4 is 17.9 Å². The molecule has 2 heteroatoms. The Morgan fingerprint density at radius 1 is 1.06 bits per heavy atom. The first kappa shape index (κ1) is 11.9. The first-order valence-electron chi connectivity index (χ1n) is 5.45. The van der Waals surface area contributed by atoms with Gasteiger partial charge in [0.05, 0.1) is 0 Å². The summed E-state index contributed by atoms with van der Waals surface area (Å²) >= 11 is 6.25. The molecule has 0 N–H and O–H groups in total. The van der Waals surface area contributed by atoms with Gasteiger partial charge in [-0.25, -0.2) is 0 Å². The van der Waals surface area contributed by atoms with E-state index in [0.717, 1.165) is 28.5 Å². The van der Waals surface area contributed by atoms with Crippen molar-refractivity contribution in [2.75, 3.05) is 0 Å². The minimum Gasteiger partial charge on any atom is -0.298 e. The van der Waals surface area contributed by atoms with Crippen molar-refractivity contribution in [2.45, 2.75) is 13.8 Å². The van der Waals surface area contributed by atoms with Gasteiger partial charge in [0.1, 0.15) is 6.29 Å². The molecule has 0 radical (unpaired) electrons. The van der Waals surface area contributed by atoms with Crippen molar-refractivity contribution in [3.8, 4) is 11.1 Å². The van der Waals surface area contributed by atoms with Gasteiger partial charge in [-0.2, -0.15) is 0 Å². The van der Waals surface area contributed by atoms with Crippen LogP contribution in [-0.2, 0) is 0 Å². The Morgan fingerprint density at radius 2 is 1.76 bits per heavy atom. The Hall–Kier alpha value is -1.60. The van der Waals surface area contributed by atoms with Crippen LogP contribution >= 0.6 is 11.6 Å². The largest absolute Gasteiger partial charge is 0.298 e. The molecule has 1 nitrogen and oxygen atoms in total. The summed E-state index contributed by atoms with van der Waals surface area (Å²) in [5.41, 5.74) is 4.81. The maximum atomic E-state index is 11.0. The van der Waals surface area contributed by atoms with Crippen LogP contribution in [0.5, 0.6) is 0 Å². The molecule has 2 rings (SSSR count). The SMILES string of the molecule is Cc1ccccc1-c1c(Cl)ccc(C=O)c1C. The minimum atomic E-state index is 0.683. The quantitative estimate of drug-likeness (QED) is 0.714. The summed E-state index contributed by atoms with van der Waals surface area (Å²) in [6.45, 7) is 3.97. The number of benzene rings is 2. The highest BCUT2D eigenvalue weighted by Gasteiger charge is 2.11. The maximum absolute atomic E-state index is 11.0. The topological polar surface area (TPSA) is 17.1 Å². The lowest BCUT2D eigenvalue weighted by Gasteiger charge is -2.12. The van der Waals surface area contributed by atoms with Gasteiger partial charge < -0.3 is 0 Å². The maximum Gasteiger partial charge on any atom is 0.150 e. The molecule has 0 aromatic heterocycles. The lowest BCUT2D eigenvalue weighted by Crippen LogP contribution is -1.93. The van der Waals surface area contributed by atoms with E-state index in [2.05, 4.69) is 0 Å². The van der Waals surface area contributed by atoms with E-state index in [-0.39, 0.29) is 0 Å². The molecule has 86 valence electrons. The van der Waals surface area contributed by atoms with Crippen LogP contribution in [0.3, 0.4) is 0 Å². The van der Waals surface area contributed by atoms with E-state index in [1.807, 2.05) is 38.1 Å². The molecule has 0 aliphatic carbocycles. The van der Waals surface area contributed by atoms with Gasteiger partial charge >= 0.3 is 0 Å². The van der Waals surface area contributed by atoms with E-state index in [1.165, 1.54) is 0 Å². The highest BCUT2D eigenvalue weighted by molar-refractivity contribution is 6.33. The highest BCUT2D eigenvalue weighted by Crippen LogP contribution is 2.34. The van der Waals surface area contributed by atoms with Gasteiger partial charge in [-0.05, 0) is 42.7 Å². The number of carbonyl (C=O) groups excluding carboxylic acids is 1. The molecule has 0 fully saturated rings. The van der Waals surface area contributed by atoms with Crippen molar-refractivity contribution in [3.63, 3.8) is 0 Å². The predicted octanol–water partition coefficient (Wildman–Crippen LogP) is 4.44. The molecule has 0 amide bonds. The molecule has 0 aliphatic rings. The third kappa shape index (κ3) is 2.11. The van der Waals surface area contributed by atoms with Crippen LogP contribution in [0.25, 0.3) is 11.1 Å². The standard InChI is InChI=1S/C15H13ClO/c1-10-5-3-4-6-13(10)15-11(2)12(9-17)7-8-14(15)16/h3-9H,1-2H3. The predicted molar refractivity (Wildman–Crippen MR) is 71.7 cm³/mol. The molecule has 0 atom stereocenters. The fourth-order valence-electron chi connectivity index (χ4n) is 2.01. The molecule has 0 saturated heterocycles. The molecule has 2 aromatic carbocycles. The molecule has 0 heterocycles. The van der Waals surface area contributed by atoms with E-state index < -0.39 is 0 Å². The van der Waals surface area contributed by atoms with E-state index in [9.17, 15) is 4.79 Å². The van der Waals surface area contributed by atoms with Crippen LogP contribution in [0.15, 0.2) is 36.4 Å². The average Bonchev–Trinajstić information content (AvgIpc) is 2.32. The van der Waals surface area contributed by atoms with E-state index >= 15 is 0 Å². The summed E-state index contributed by atoms with van der Waals surface area (Å²) in [5, 5.41) is 0.683. The van der Waals surface area contributed by atoms with Crippen LogP contribution in [-0.4, -0.2) is 6.29 Å². The zero-order chi connectivity index (χ0) is 12.4. The fraction of sp³-hybridized carbons (Fsp3) is 0.133. The van der Waals surface area contributed by atoms with E-state index in [4.69, 9.17) is 11.6 Å². The summed E-state index contributed by atoms with van der Waals surface area (Å²) in [6, 6.07) is 11.6. The first-order chi connectivity index (χ1) is 8.15. The smallest absolute Gasteiger partial charge is 0.150 e. The fourth-order valence-corrected chi connectivity index (χ4v) is 2.31. The van der Waals surface area contributed by atoms with Gasteiger partial charge in [-0.1, -0.05) is 35.9 Å². The molecule has 0 bridgehead atoms. The molecule has 0 spiro atoms. The van der Waals surface area contributed by atoms with Gasteiger partial charge in [0.2, 0.25) is 0 Å². The number of hydrogen-bond donors (Lipinski definition) is 0. The number of rotatable bonds is 2. The lowest BCUT2D eigenvalue weighted by atomic mass is 9.94. The van der Waals surface area contributed by atoms with Crippen molar-refractivity contribution < 1.29 is 4.79 Å². The summed E-state index contributed by atoms with van der Waals surface area (Å²) < 4.78 is 0. The van der Waals surface area contributed by atoms with Crippen LogP contribution in [0.1, 0.15) is 21.5 Å². The molecular formula is C15H13ClO. The second-order valence-corrected chi connectivity index (χ2v) is 4.48.